The normalized spacial score (nSPS) is 19.7. The standard InChI is InChI=1S/C14H20N2O2/c1-11-3-5-13(6-4-11)10-18-14(17)16-8-7-15-12(2)9-16/h3-6,12,15H,7-10H2,1-2H3. The van der Waals surface area contributed by atoms with Crippen molar-refractivity contribution in [3.05, 3.63) is 35.4 Å². The molecule has 0 radical (unpaired) electrons. The van der Waals surface area contributed by atoms with Crippen LogP contribution in [0.15, 0.2) is 24.3 Å². The molecule has 1 fully saturated rings. The molecule has 98 valence electrons. The largest absolute Gasteiger partial charge is 0.445 e. The monoisotopic (exact) mass is 248 g/mol. The third kappa shape index (κ3) is 3.47. The Morgan fingerprint density at radius 2 is 2.17 bits per heavy atom. The molecule has 4 heteroatoms. The predicted molar refractivity (Wildman–Crippen MR) is 70.4 cm³/mol. The molecule has 0 aliphatic carbocycles. The van der Waals surface area contributed by atoms with E-state index in [1.54, 1.807) is 4.90 Å². The van der Waals surface area contributed by atoms with Gasteiger partial charge in [0.1, 0.15) is 6.61 Å². The molecular weight excluding hydrogens is 228 g/mol. The third-order valence-corrected chi connectivity index (χ3v) is 3.11. The Morgan fingerprint density at radius 3 is 2.83 bits per heavy atom. The number of amides is 1. The molecule has 0 aromatic heterocycles. The number of benzene rings is 1. The van der Waals surface area contributed by atoms with Gasteiger partial charge in [-0.3, -0.25) is 0 Å². The first-order chi connectivity index (χ1) is 8.65. The smallest absolute Gasteiger partial charge is 0.410 e. The van der Waals surface area contributed by atoms with Crippen LogP contribution in [0.5, 0.6) is 0 Å². The van der Waals surface area contributed by atoms with E-state index in [0.717, 1.165) is 18.7 Å². The molecule has 0 saturated carbocycles. The quantitative estimate of drug-likeness (QED) is 0.869. The summed E-state index contributed by atoms with van der Waals surface area (Å²) in [5.74, 6) is 0. The predicted octanol–water partition coefficient (Wildman–Crippen LogP) is 1.93. The van der Waals surface area contributed by atoms with Crippen LogP contribution in [0, 0.1) is 6.92 Å². The van der Waals surface area contributed by atoms with Crippen LogP contribution in [0.4, 0.5) is 4.79 Å². The second kappa shape index (κ2) is 5.87. The molecule has 2 rings (SSSR count). The molecule has 1 aromatic rings. The topological polar surface area (TPSA) is 41.6 Å². The molecule has 1 atom stereocenters. The lowest BCUT2D eigenvalue weighted by atomic mass is 10.2. The highest BCUT2D eigenvalue weighted by molar-refractivity contribution is 5.67. The lowest BCUT2D eigenvalue weighted by molar-refractivity contribution is 0.0862. The number of carbonyl (C=O) groups excluding carboxylic acids is 1. The minimum absolute atomic E-state index is 0.219. The maximum atomic E-state index is 11.9. The van der Waals surface area contributed by atoms with Gasteiger partial charge in [-0.2, -0.15) is 0 Å². The third-order valence-electron chi connectivity index (χ3n) is 3.11. The molecule has 1 aromatic carbocycles. The summed E-state index contributed by atoms with van der Waals surface area (Å²) in [4.78, 5) is 13.6. The summed E-state index contributed by atoms with van der Waals surface area (Å²) in [5.41, 5.74) is 2.23. The minimum Gasteiger partial charge on any atom is -0.445 e. The zero-order chi connectivity index (χ0) is 13.0. The zero-order valence-corrected chi connectivity index (χ0v) is 11.0. The zero-order valence-electron chi connectivity index (χ0n) is 11.0. The lowest BCUT2D eigenvalue weighted by Crippen LogP contribution is -2.51. The van der Waals surface area contributed by atoms with E-state index in [2.05, 4.69) is 12.2 Å². The van der Waals surface area contributed by atoms with Crippen molar-refractivity contribution in [2.45, 2.75) is 26.5 Å². The fraction of sp³-hybridized carbons (Fsp3) is 0.500. The van der Waals surface area contributed by atoms with Crippen LogP contribution < -0.4 is 5.32 Å². The van der Waals surface area contributed by atoms with Crippen molar-refractivity contribution in [2.75, 3.05) is 19.6 Å². The molecule has 1 aliphatic rings. The van der Waals surface area contributed by atoms with Gasteiger partial charge in [-0.1, -0.05) is 29.8 Å². The summed E-state index contributed by atoms with van der Waals surface area (Å²) in [6.45, 7) is 6.72. The molecule has 1 saturated heterocycles. The lowest BCUT2D eigenvalue weighted by Gasteiger charge is -2.31. The fourth-order valence-electron chi connectivity index (χ4n) is 2.02. The Bertz CT molecular complexity index is 403. The number of carbonyl (C=O) groups is 1. The van der Waals surface area contributed by atoms with E-state index in [1.807, 2.05) is 31.2 Å². The van der Waals surface area contributed by atoms with E-state index in [9.17, 15) is 4.79 Å². The van der Waals surface area contributed by atoms with Crippen molar-refractivity contribution in [3.8, 4) is 0 Å². The van der Waals surface area contributed by atoms with Crippen LogP contribution in [0.2, 0.25) is 0 Å². The number of aryl methyl sites for hydroxylation is 1. The SMILES string of the molecule is Cc1ccc(COC(=O)N2CCNC(C)C2)cc1. The second-order valence-corrected chi connectivity index (χ2v) is 4.84. The number of ether oxygens (including phenoxy) is 1. The summed E-state index contributed by atoms with van der Waals surface area (Å²) >= 11 is 0. The Morgan fingerprint density at radius 1 is 1.44 bits per heavy atom. The van der Waals surface area contributed by atoms with E-state index in [-0.39, 0.29) is 6.09 Å². The van der Waals surface area contributed by atoms with Crippen molar-refractivity contribution < 1.29 is 9.53 Å². The Balaban J connectivity index is 1.82. The van der Waals surface area contributed by atoms with Crippen molar-refractivity contribution in [2.24, 2.45) is 0 Å². The van der Waals surface area contributed by atoms with Gasteiger partial charge in [0.05, 0.1) is 0 Å². The van der Waals surface area contributed by atoms with Crippen molar-refractivity contribution >= 4 is 6.09 Å². The first-order valence-electron chi connectivity index (χ1n) is 6.36. The van der Waals surface area contributed by atoms with Crippen molar-refractivity contribution in [1.82, 2.24) is 10.2 Å². The van der Waals surface area contributed by atoms with Gasteiger partial charge in [-0.05, 0) is 19.4 Å². The summed E-state index contributed by atoms with van der Waals surface area (Å²) in [7, 11) is 0. The molecule has 4 nitrogen and oxygen atoms in total. The van der Waals surface area contributed by atoms with Gasteiger partial charge in [0.2, 0.25) is 0 Å². The van der Waals surface area contributed by atoms with Crippen LogP contribution in [-0.2, 0) is 11.3 Å². The van der Waals surface area contributed by atoms with Gasteiger partial charge in [-0.15, -0.1) is 0 Å². The molecule has 1 N–H and O–H groups in total. The van der Waals surface area contributed by atoms with Crippen LogP contribution in [0.25, 0.3) is 0 Å². The second-order valence-electron chi connectivity index (χ2n) is 4.84. The highest BCUT2D eigenvalue weighted by Gasteiger charge is 2.21. The Kier molecular flexibility index (Phi) is 4.20. The van der Waals surface area contributed by atoms with Crippen LogP contribution in [0.1, 0.15) is 18.1 Å². The number of nitrogens with zero attached hydrogens (tertiary/aromatic N) is 1. The fourth-order valence-corrected chi connectivity index (χ4v) is 2.02. The number of piperazine rings is 1. The highest BCUT2D eigenvalue weighted by atomic mass is 16.6. The van der Waals surface area contributed by atoms with Gasteiger partial charge >= 0.3 is 6.09 Å². The van der Waals surface area contributed by atoms with E-state index in [4.69, 9.17) is 4.74 Å². The summed E-state index contributed by atoms with van der Waals surface area (Å²) in [6, 6.07) is 8.36. The van der Waals surface area contributed by atoms with E-state index in [0.29, 0.717) is 19.2 Å². The number of rotatable bonds is 2. The van der Waals surface area contributed by atoms with E-state index in [1.165, 1.54) is 5.56 Å². The molecule has 1 heterocycles. The summed E-state index contributed by atoms with van der Waals surface area (Å²) < 4.78 is 5.31. The van der Waals surface area contributed by atoms with Crippen LogP contribution in [-0.4, -0.2) is 36.7 Å². The van der Waals surface area contributed by atoms with Gasteiger partial charge in [0.15, 0.2) is 0 Å². The number of nitrogens with one attached hydrogen (secondary N) is 1. The van der Waals surface area contributed by atoms with Crippen LogP contribution in [0.3, 0.4) is 0 Å². The van der Waals surface area contributed by atoms with Gasteiger partial charge in [0.25, 0.3) is 0 Å². The number of hydrogen-bond donors (Lipinski definition) is 1. The Labute approximate surface area is 108 Å². The highest BCUT2D eigenvalue weighted by Crippen LogP contribution is 2.07. The molecule has 1 unspecified atom stereocenters. The first-order valence-corrected chi connectivity index (χ1v) is 6.36. The first kappa shape index (κ1) is 12.9. The number of hydrogen-bond acceptors (Lipinski definition) is 3. The van der Waals surface area contributed by atoms with E-state index < -0.39 is 0 Å². The minimum atomic E-state index is -0.219. The maximum Gasteiger partial charge on any atom is 0.410 e. The maximum absolute atomic E-state index is 11.9. The average Bonchev–Trinajstić information content (AvgIpc) is 2.38. The molecule has 1 aliphatic heterocycles. The Hall–Kier alpha value is -1.55. The van der Waals surface area contributed by atoms with Crippen molar-refractivity contribution in [3.63, 3.8) is 0 Å². The van der Waals surface area contributed by atoms with Crippen LogP contribution >= 0.6 is 0 Å². The van der Waals surface area contributed by atoms with Gasteiger partial charge in [0, 0.05) is 25.7 Å². The molecule has 1 amide bonds. The molecule has 0 bridgehead atoms. The molecular formula is C14H20N2O2. The average molecular weight is 248 g/mol. The summed E-state index contributed by atoms with van der Waals surface area (Å²) in [5, 5.41) is 3.30. The van der Waals surface area contributed by atoms with Gasteiger partial charge in [-0.25, -0.2) is 4.79 Å². The summed E-state index contributed by atoms with van der Waals surface area (Å²) in [6.07, 6.45) is -0.219. The van der Waals surface area contributed by atoms with E-state index >= 15 is 0 Å². The molecule has 18 heavy (non-hydrogen) atoms. The van der Waals surface area contributed by atoms with Gasteiger partial charge < -0.3 is 15.0 Å². The van der Waals surface area contributed by atoms with Crippen molar-refractivity contribution in [1.29, 1.82) is 0 Å². The molecule has 0 spiro atoms.